The fourth-order valence-corrected chi connectivity index (χ4v) is 2.53. The molecule has 110 valence electrons. The van der Waals surface area contributed by atoms with Gasteiger partial charge in [-0.1, -0.05) is 19.3 Å². The number of nitrogens with one attached hydrogen (secondary N) is 1. The van der Waals surface area contributed by atoms with E-state index in [2.05, 4.69) is 5.32 Å². The van der Waals surface area contributed by atoms with Gasteiger partial charge in [0.1, 0.15) is 0 Å². The lowest BCUT2D eigenvalue weighted by molar-refractivity contribution is -0.151. The average molecular weight is 271 g/mol. The fraction of sp³-hybridized carbons (Fsp3) is 0.857. The summed E-state index contributed by atoms with van der Waals surface area (Å²) in [5.74, 6) is -0.854. The first-order chi connectivity index (χ1) is 9.10. The lowest BCUT2D eigenvalue weighted by Gasteiger charge is -2.33. The van der Waals surface area contributed by atoms with Crippen LogP contribution in [0.2, 0.25) is 0 Å². The number of hydrogen-bond acceptors (Lipinski definition) is 3. The van der Waals surface area contributed by atoms with Gasteiger partial charge in [-0.15, -0.1) is 0 Å². The van der Waals surface area contributed by atoms with E-state index in [1.165, 1.54) is 0 Å². The Labute approximate surface area is 114 Å². The van der Waals surface area contributed by atoms with E-state index in [9.17, 15) is 14.7 Å². The molecule has 0 heterocycles. The second-order valence-electron chi connectivity index (χ2n) is 5.22. The number of carbonyl (C=O) groups is 2. The number of amides is 1. The van der Waals surface area contributed by atoms with Gasteiger partial charge in [0.25, 0.3) is 0 Å². The Balaban J connectivity index is 2.31. The largest absolute Gasteiger partial charge is 0.481 e. The van der Waals surface area contributed by atoms with Crippen LogP contribution >= 0.6 is 0 Å². The van der Waals surface area contributed by atoms with Crippen LogP contribution < -0.4 is 5.32 Å². The minimum atomic E-state index is -0.776. The van der Waals surface area contributed by atoms with Crippen LogP contribution in [-0.2, 0) is 14.3 Å². The molecule has 0 aromatic rings. The van der Waals surface area contributed by atoms with Crippen LogP contribution in [0.15, 0.2) is 0 Å². The standard InChI is InChI=1S/C14H25NO4/c1-2-19-10-6-7-12(16)15-11-14(13(17)18)8-4-3-5-9-14/h2-11H2,1H3,(H,15,16)(H,17,18). The fourth-order valence-electron chi connectivity index (χ4n) is 2.53. The third-order valence-corrected chi connectivity index (χ3v) is 3.78. The first-order valence-corrected chi connectivity index (χ1v) is 7.18. The number of ether oxygens (including phenoxy) is 1. The molecule has 1 amide bonds. The van der Waals surface area contributed by atoms with Crippen molar-refractivity contribution < 1.29 is 19.4 Å². The summed E-state index contributed by atoms with van der Waals surface area (Å²) in [7, 11) is 0. The quantitative estimate of drug-likeness (QED) is 0.662. The Morgan fingerprint density at radius 1 is 1.26 bits per heavy atom. The van der Waals surface area contributed by atoms with E-state index in [-0.39, 0.29) is 12.5 Å². The summed E-state index contributed by atoms with van der Waals surface area (Å²) in [6.07, 6.45) is 5.38. The molecule has 1 saturated carbocycles. The first kappa shape index (κ1) is 16.0. The van der Waals surface area contributed by atoms with Gasteiger partial charge in [0.05, 0.1) is 5.41 Å². The van der Waals surface area contributed by atoms with E-state index in [4.69, 9.17) is 4.74 Å². The van der Waals surface area contributed by atoms with Crippen LogP contribution in [-0.4, -0.2) is 36.7 Å². The van der Waals surface area contributed by atoms with Crippen LogP contribution in [0.25, 0.3) is 0 Å². The summed E-state index contributed by atoms with van der Waals surface area (Å²) < 4.78 is 5.16. The summed E-state index contributed by atoms with van der Waals surface area (Å²) in [5, 5.41) is 12.2. The summed E-state index contributed by atoms with van der Waals surface area (Å²) in [6, 6.07) is 0. The number of hydrogen-bond donors (Lipinski definition) is 2. The molecule has 1 rings (SSSR count). The van der Waals surface area contributed by atoms with Gasteiger partial charge in [0, 0.05) is 26.2 Å². The predicted molar refractivity (Wildman–Crippen MR) is 71.9 cm³/mol. The van der Waals surface area contributed by atoms with Crippen LogP contribution in [0, 0.1) is 5.41 Å². The van der Waals surface area contributed by atoms with Gasteiger partial charge < -0.3 is 15.2 Å². The average Bonchev–Trinajstić information content (AvgIpc) is 2.42. The maximum Gasteiger partial charge on any atom is 0.311 e. The summed E-state index contributed by atoms with van der Waals surface area (Å²) in [4.78, 5) is 23.1. The van der Waals surface area contributed by atoms with Gasteiger partial charge in [0.15, 0.2) is 0 Å². The first-order valence-electron chi connectivity index (χ1n) is 7.18. The molecule has 0 unspecified atom stereocenters. The third kappa shape index (κ3) is 5.19. The molecule has 0 spiro atoms. The van der Waals surface area contributed by atoms with Crippen LogP contribution in [0.1, 0.15) is 51.9 Å². The second kappa shape index (κ2) is 8.15. The van der Waals surface area contributed by atoms with Crippen molar-refractivity contribution in [1.29, 1.82) is 0 Å². The smallest absolute Gasteiger partial charge is 0.311 e. The Morgan fingerprint density at radius 3 is 2.53 bits per heavy atom. The molecule has 19 heavy (non-hydrogen) atoms. The lowest BCUT2D eigenvalue weighted by Crippen LogP contribution is -2.44. The Bertz CT molecular complexity index is 298. The van der Waals surface area contributed by atoms with Crippen molar-refractivity contribution in [3.8, 4) is 0 Å². The molecule has 0 aromatic carbocycles. The Kier molecular flexibility index (Phi) is 6.84. The number of carboxylic acid groups (broad SMARTS) is 1. The van der Waals surface area contributed by atoms with Gasteiger partial charge in [-0.25, -0.2) is 0 Å². The molecular weight excluding hydrogens is 246 g/mol. The molecule has 5 nitrogen and oxygen atoms in total. The van der Waals surface area contributed by atoms with Gasteiger partial charge in [-0.05, 0) is 26.2 Å². The monoisotopic (exact) mass is 271 g/mol. The normalized spacial score (nSPS) is 17.9. The van der Waals surface area contributed by atoms with Gasteiger partial charge in [-0.3, -0.25) is 9.59 Å². The number of carboxylic acids is 1. The van der Waals surface area contributed by atoms with Gasteiger partial charge in [0.2, 0.25) is 5.91 Å². The third-order valence-electron chi connectivity index (χ3n) is 3.78. The molecule has 2 N–H and O–H groups in total. The molecule has 0 bridgehead atoms. The van der Waals surface area contributed by atoms with Crippen molar-refractivity contribution in [1.82, 2.24) is 5.32 Å². The van der Waals surface area contributed by atoms with E-state index < -0.39 is 11.4 Å². The van der Waals surface area contributed by atoms with Crippen LogP contribution in [0.5, 0.6) is 0 Å². The maximum absolute atomic E-state index is 11.7. The number of aliphatic carboxylic acids is 1. The molecule has 1 aliphatic carbocycles. The van der Waals surface area contributed by atoms with Crippen molar-refractivity contribution >= 4 is 11.9 Å². The van der Waals surface area contributed by atoms with E-state index in [1.807, 2.05) is 6.92 Å². The molecule has 0 aliphatic heterocycles. The van der Waals surface area contributed by atoms with Gasteiger partial charge >= 0.3 is 5.97 Å². The molecule has 0 saturated heterocycles. The zero-order valence-electron chi connectivity index (χ0n) is 11.7. The van der Waals surface area contributed by atoms with Crippen LogP contribution in [0.3, 0.4) is 0 Å². The van der Waals surface area contributed by atoms with Crippen molar-refractivity contribution in [2.45, 2.75) is 51.9 Å². The maximum atomic E-state index is 11.7. The predicted octanol–water partition coefficient (Wildman–Crippen LogP) is 1.95. The molecule has 5 heteroatoms. The SMILES string of the molecule is CCOCCCC(=O)NCC1(C(=O)O)CCCCC1. The zero-order chi connectivity index (χ0) is 14.1. The van der Waals surface area contributed by atoms with Gasteiger partial charge in [-0.2, -0.15) is 0 Å². The summed E-state index contributed by atoms with van der Waals surface area (Å²) >= 11 is 0. The Morgan fingerprint density at radius 2 is 1.95 bits per heavy atom. The Hall–Kier alpha value is -1.10. The highest BCUT2D eigenvalue weighted by atomic mass is 16.5. The minimum Gasteiger partial charge on any atom is -0.481 e. The number of rotatable bonds is 8. The minimum absolute atomic E-state index is 0.0779. The zero-order valence-corrected chi connectivity index (χ0v) is 11.7. The highest BCUT2D eigenvalue weighted by Crippen LogP contribution is 2.35. The molecule has 1 aliphatic rings. The van der Waals surface area contributed by atoms with Crippen molar-refractivity contribution in [3.63, 3.8) is 0 Å². The van der Waals surface area contributed by atoms with Crippen molar-refractivity contribution in [2.24, 2.45) is 5.41 Å². The van der Waals surface area contributed by atoms with E-state index in [0.717, 1.165) is 19.3 Å². The van der Waals surface area contributed by atoms with Crippen molar-refractivity contribution in [3.05, 3.63) is 0 Å². The summed E-state index contributed by atoms with van der Waals surface area (Å²) in [6.45, 7) is 3.41. The topological polar surface area (TPSA) is 75.6 Å². The molecular formula is C14H25NO4. The van der Waals surface area contributed by atoms with E-state index in [0.29, 0.717) is 38.9 Å². The van der Waals surface area contributed by atoms with E-state index >= 15 is 0 Å². The second-order valence-corrected chi connectivity index (χ2v) is 5.22. The highest BCUT2D eigenvalue weighted by Gasteiger charge is 2.39. The molecule has 0 aromatic heterocycles. The summed E-state index contributed by atoms with van der Waals surface area (Å²) in [5.41, 5.74) is -0.742. The van der Waals surface area contributed by atoms with Crippen LogP contribution in [0.4, 0.5) is 0 Å². The number of carbonyl (C=O) groups excluding carboxylic acids is 1. The molecule has 0 radical (unpaired) electrons. The molecule has 1 fully saturated rings. The van der Waals surface area contributed by atoms with Crippen molar-refractivity contribution in [2.75, 3.05) is 19.8 Å². The lowest BCUT2D eigenvalue weighted by atomic mass is 9.74. The molecule has 0 atom stereocenters. The highest BCUT2D eigenvalue weighted by molar-refractivity contribution is 5.79. The van der Waals surface area contributed by atoms with E-state index in [1.54, 1.807) is 0 Å².